The molecule has 1 saturated carbocycles. The first-order valence-corrected chi connectivity index (χ1v) is 6.92. The first-order valence-electron chi connectivity index (χ1n) is 6.92. The third kappa shape index (κ3) is 3.10. The molecule has 2 fully saturated rings. The molecule has 4 nitrogen and oxygen atoms in total. The second-order valence-electron chi connectivity index (χ2n) is 6.88. The Morgan fingerprint density at radius 2 is 1.80 bits per heavy atom. The quantitative estimate of drug-likeness (QED) is 0.688. The van der Waals surface area contributed by atoms with Gasteiger partial charge < -0.3 is 9.64 Å². The monoisotopic (exact) mass is 289 g/mol. The van der Waals surface area contributed by atoms with E-state index in [4.69, 9.17) is 4.74 Å². The van der Waals surface area contributed by atoms with Gasteiger partial charge in [0.1, 0.15) is 11.4 Å². The third-order valence-corrected chi connectivity index (χ3v) is 3.98. The lowest BCUT2D eigenvalue weighted by Crippen LogP contribution is -2.46. The number of nitrogens with zero attached hydrogens (tertiary/aromatic N) is 1. The van der Waals surface area contributed by atoms with Crippen molar-refractivity contribution >= 4 is 11.9 Å². The molecule has 1 aliphatic carbocycles. The van der Waals surface area contributed by atoms with Crippen molar-refractivity contribution in [2.75, 3.05) is 13.1 Å². The van der Waals surface area contributed by atoms with Gasteiger partial charge in [-0.05, 0) is 33.6 Å². The van der Waals surface area contributed by atoms with Crippen LogP contribution in [0.15, 0.2) is 0 Å². The summed E-state index contributed by atoms with van der Waals surface area (Å²) in [5, 5.41) is 0. The van der Waals surface area contributed by atoms with Gasteiger partial charge in [-0.1, -0.05) is 0 Å². The number of alkyl halides is 2. The molecule has 6 heteroatoms. The summed E-state index contributed by atoms with van der Waals surface area (Å²) in [7, 11) is 0. The Hall–Kier alpha value is -1.20. The maximum atomic E-state index is 13.4. The summed E-state index contributed by atoms with van der Waals surface area (Å²) in [4.78, 5) is 25.3. The maximum absolute atomic E-state index is 13.4. The van der Waals surface area contributed by atoms with Gasteiger partial charge in [0.2, 0.25) is 0 Å². The number of ketones is 1. The van der Waals surface area contributed by atoms with Gasteiger partial charge >= 0.3 is 6.09 Å². The number of piperidine rings is 1. The Kier molecular flexibility index (Phi) is 3.55. The number of ether oxygens (including phenoxy) is 1. The molecule has 0 bridgehead atoms. The van der Waals surface area contributed by atoms with Crippen molar-refractivity contribution in [3.05, 3.63) is 0 Å². The highest BCUT2D eigenvalue weighted by Gasteiger charge is 2.56. The number of carbonyl (C=O) groups is 2. The highest BCUT2D eigenvalue weighted by molar-refractivity contribution is 5.88. The van der Waals surface area contributed by atoms with Crippen molar-refractivity contribution in [2.45, 2.75) is 58.0 Å². The van der Waals surface area contributed by atoms with Crippen LogP contribution in [-0.4, -0.2) is 41.4 Å². The second-order valence-corrected chi connectivity index (χ2v) is 6.88. The SMILES string of the molecule is CC(C)(C)OC(=O)N1CCC2(CC1)CC(F)(F)CC2=O. The minimum atomic E-state index is -2.88. The van der Waals surface area contributed by atoms with E-state index in [2.05, 4.69) is 0 Å². The Bertz CT molecular complexity index is 421. The Labute approximate surface area is 117 Å². The Balaban J connectivity index is 1.96. The molecule has 114 valence electrons. The van der Waals surface area contributed by atoms with Crippen LogP contribution in [0.2, 0.25) is 0 Å². The van der Waals surface area contributed by atoms with Crippen LogP contribution in [0.25, 0.3) is 0 Å². The summed E-state index contributed by atoms with van der Waals surface area (Å²) >= 11 is 0. The molecule has 1 aliphatic heterocycles. The molecule has 1 amide bonds. The summed E-state index contributed by atoms with van der Waals surface area (Å²) in [6, 6.07) is 0. The van der Waals surface area contributed by atoms with E-state index in [1.54, 1.807) is 20.8 Å². The minimum Gasteiger partial charge on any atom is -0.444 e. The zero-order valence-electron chi connectivity index (χ0n) is 12.2. The van der Waals surface area contributed by atoms with Crippen LogP contribution in [0.3, 0.4) is 0 Å². The number of carbonyl (C=O) groups excluding carboxylic acids is 2. The molecule has 0 unspecified atom stereocenters. The van der Waals surface area contributed by atoms with Crippen LogP contribution >= 0.6 is 0 Å². The van der Waals surface area contributed by atoms with Gasteiger partial charge in [0.05, 0.1) is 6.42 Å². The van der Waals surface area contributed by atoms with Gasteiger partial charge in [0.15, 0.2) is 0 Å². The summed E-state index contributed by atoms with van der Waals surface area (Å²) < 4.78 is 32.0. The van der Waals surface area contributed by atoms with Gasteiger partial charge in [0, 0.05) is 24.9 Å². The van der Waals surface area contributed by atoms with Crippen molar-refractivity contribution in [1.29, 1.82) is 0 Å². The first-order chi connectivity index (χ1) is 9.03. The molecule has 0 radical (unpaired) electrons. The van der Waals surface area contributed by atoms with Crippen molar-refractivity contribution in [3.8, 4) is 0 Å². The number of amides is 1. The van der Waals surface area contributed by atoms with E-state index in [1.807, 2.05) is 0 Å². The molecule has 2 aliphatic rings. The lowest BCUT2D eigenvalue weighted by molar-refractivity contribution is -0.128. The summed E-state index contributed by atoms with van der Waals surface area (Å²) in [5.74, 6) is -3.24. The second kappa shape index (κ2) is 4.67. The molecule has 0 N–H and O–H groups in total. The number of hydrogen-bond donors (Lipinski definition) is 0. The minimum absolute atomic E-state index is 0.302. The normalized spacial score (nSPS) is 25.1. The highest BCUT2D eigenvalue weighted by atomic mass is 19.3. The smallest absolute Gasteiger partial charge is 0.410 e. The predicted octanol–water partition coefficient (Wildman–Crippen LogP) is 3.00. The highest BCUT2D eigenvalue weighted by Crippen LogP contribution is 2.50. The van der Waals surface area contributed by atoms with Gasteiger partial charge in [0.25, 0.3) is 5.92 Å². The Morgan fingerprint density at radius 1 is 1.25 bits per heavy atom. The largest absolute Gasteiger partial charge is 0.444 e. The van der Waals surface area contributed by atoms with Gasteiger partial charge in [-0.3, -0.25) is 4.79 Å². The molecule has 2 rings (SSSR count). The molecule has 0 atom stereocenters. The van der Waals surface area contributed by atoms with Crippen molar-refractivity contribution < 1.29 is 23.1 Å². The van der Waals surface area contributed by atoms with Crippen LogP contribution in [0.1, 0.15) is 46.5 Å². The molecule has 0 aromatic heterocycles. The standard InChI is InChI=1S/C14H21F2NO3/c1-12(2,3)20-11(19)17-6-4-13(5-7-17)9-14(15,16)8-10(13)18/h4-9H2,1-3H3. The van der Waals surface area contributed by atoms with E-state index >= 15 is 0 Å². The summed E-state index contributed by atoms with van der Waals surface area (Å²) in [6.07, 6.45) is -0.855. The average molecular weight is 289 g/mol. The van der Waals surface area contributed by atoms with Gasteiger partial charge in [-0.2, -0.15) is 0 Å². The van der Waals surface area contributed by atoms with Gasteiger partial charge in [-0.25, -0.2) is 13.6 Å². The third-order valence-electron chi connectivity index (χ3n) is 3.98. The van der Waals surface area contributed by atoms with Crippen LogP contribution < -0.4 is 0 Å². The first kappa shape index (κ1) is 15.2. The summed E-state index contributed by atoms with van der Waals surface area (Å²) in [5.41, 5.74) is -1.51. The Morgan fingerprint density at radius 3 is 2.20 bits per heavy atom. The van der Waals surface area contributed by atoms with Crippen molar-refractivity contribution in [1.82, 2.24) is 4.90 Å². The molecular weight excluding hydrogens is 268 g/mol. The fourth-order valence-corrected chi connectivity index (χ4v) is 2.98. The van der Waals surface area contributed by atoms with E-state index in [-0.39, 0.29) is 12.2 Å². The molecular formula is C14H21F2NO3. The number of Topliss-reactive ketones (excluding diaryl/α,β-unsaturated/α-hetero) is 1. The fraction of sp³-hybridized carbons (Fsp3) is 0.857. The lowest BCUT2D eigenvalue weighted by Gasteiger charge is -2.38. The molecule has 0 aromatic rings. The molecule has 1 saturated heterocycles. The predicted molar refractivity (Wildman–Crippen MR) is 68.7 cm³/mol. The van der Waals surface area contributed by atoms with Gasteiger partial charge in [-0.15, -0.1) is 0 Å². The van der Waals surface area contributed by atoms with E-state index < -0.39 is 29.5 Å². The van der Waals surface area contributed by atoms with Crippen LogP contribution in [0.5, 0.6) is 0 Å². The zero-order chi connectivity index (χ0) is 15.2. The number of halogens is 2. The van der Waals surface area contributed by atoms with E-state index in [9.17, 15) is 18.4 Å². The number of hydrogen-bond acceptors (Lipinski definition) is 3. The van der Waals surface area contributed by atoms with E-state index in [1.165, 1.54) is 4.90 Å². The van der Waals surface area contributed by atoms with Crippen molar-refractivity contribution in [2.24, 2.45) is 5.41 Å². The maximum Gasteiger partial charge on any atom is 0.410 e. The van der Waals surface area contributed by atoms with Crippen LogP contribution in [0.4, 0.5) is 13.6 Å². The summed E-state index contributed by atoms with van der Waals surface area (Å²) in [6.45, 7) is 5.93. The van der Waals surface area contributed by atoms with E-state index in [0.717, 1.165) is 0 Å². The molecule has 1 heterocycles. The molecule has 1 spiro atoms. The molecule has 0 aromatic carbocycles. The van der Waals surface area contributed by atoms with Crippen LogP contribution in [-0.2, 0) is 9.53 Å². The van der Waals surface area contributed by atoms with Crippen molar-refractivity contribution in [3.63, 3.8) is 0 Å². The number of rotatable bonds is 0. The number of likely N-dealkylation sites (tertiary alicyclic amines) is 1. The topological polar surface area (TPSA) is 46.6 Å². The van der Waals surface area contributed by atoms with E-state index in [0.29, 0.717) is 25.9 Å². The van der Waals surface area contributed by atoms with Crippen LogP contribution in [0, 0.1) is 5.41 Å². The fourth-order valence-electron chi connectivity index (χ4n) is 2.98. The zero-order valence-corrected chi connectivity index (χ0v) is 12.2. The average Bonchev–Trinajstić information content (AvgIpc) is 2.47. The molecule has 20 heavy (non-hydrogen) atoms. The lowest BCUT2D eigenvalue weighted by atomic mass is 9.76.